The van der Waals surface area contributed by atoms with Crippen molar-refractivity contribution < 1.29 is 9.47 Å². The van der Waals surface area contributed by atoms with Crippen LogP contribution in [-0.4, -0.2) is 24.5 Å². The minimum atomic E-state index is 0.819. The molecule has 1 rings (SSSR count). The SMILES string of the molecule is COc1cccc([SiH3])c1OC. The zero-order chi connectivity index (χ0) is 8.27. The van der Waals surface area contributed by atoms with Crippen molar-refractivity contribution in [3.05, 3.63) is 18.2 Å². The lowest BCUT2D eigenvalue weighted by Gasteiger charge is -2.08. The average molecular weight is 168 g/mol. The molecule has 0 aliphatic carbocycles. The Labute approximate surface area is 69.6 Å². The fourth-order valence-electron chi connectivity index (χ4n) is 1.05. The summed E-state index contributed by atoms with van der Waals surface area (Å²) in [5.41, 5.74) is 0. The van der Waals surface area contributed by atoms with Gasteiger partial charge >= 0.3 is 0 Å². The quantitative estimate of drug-likeness (QED) is 0.564. The highest BCUT2D eigenvalue weighted by molar-refractivity contribution is 6.34. The third kappa shape index (κ3) is 1.54. The molecule has 0 unspecified atom stereocenters. The first-order valence-corrected chi connectivity index (χ1v) is 4.47. The second-order valence-corrected chi connectivity index (χ2v) is 3.39. The standard InChI is InChI=1S/C8H12O2Si/c1-9-6-4-3-5-7(11)8(6)10-2/h3-5H,1-2,11H3. The van der Waals surface area contributed by atoms with Gasteiger partial charge in [0, 0.05) is 10.2 Å². The van der Waals surface area contributed by atoms with Gasteiger partial charge in [-0.1, -0.05) is 12.1 Å². The summed E-state index contributed by atoms with van der Waals surface area (Å²) in [5, 5.41) is 1.23. The molecule has 0 aliphatic rings. The van der Waals surface area contributed by atoms with Crippen molar-refractivity contribution in [1.29, 1.82) is 0 Å². The van der Waals surface area contributed by atoms with Gasteiger partial charge in [-0.05, 0) is 11.3 Å². The minimum absolute atomic E-state index is 0.819. The van der Waals surface area contributed by atoms with Crippen LogP contribution in [0.4, 0.5) is 0 Å². The molecular weight excluding hydrogens is 156 g/mol. The summed E-state index contributed by atoms with van der Waals surface area (Å²) in [6, 6.07) is 5.93. The van der Waals surface area contributed by atoms with Crippen LogP contribution in [0.5, 0.6) is 11.5 Å². The molecule has 0 bridgehead atoms. The molecule has 11 heavy (non-hydrogen) atoms. The highest BCUT2D eigenvalue weighted by Crippen LogP contribution is 2.22. The topological polar surface area (TPSA) is 18.5 Å². The lowest BCUT2D eigenvalue weighted by molar-refractivity contribution is 0.357. The maximum absolute atomic E-state index is 5.18. The average Bonchev–Trinajstić information content (AvgIpc) is 2.04. The smallest absolute Gasteiger partial charge is 0.160 e. The monoisotopic (exact) mass is 168 g/mol. The van der Waals surface area contributed by atoms with Crippen LogP contribution in [0.15, 0.2) is 18.2 Å². The maximum atomic E-state index is 5.18. The van der Waals surface area contributed by atoms with Crippen LogP contribution in [-0.2, 0) is 0 Å². The van der Waals surface area contributed by atoms with Gasteiger partial charge in [0.05, 0.1) is 14.2 Å². The van der Waals surface area contributed by atoms with E-state index in [0.717, 1.165) is 21.7 Å². The van der Waals surface area contributed by atoms with E-state index < -0.39 is 0 Å². The number of ether oxygens (including phenoxy) is 2. The number of hydrogen-bond acceptors (Lipinski definition) is 2. The molecule has 0 amide bonds. The van der Waals surface area contributed by atoms with Gasteiger partial charge in [0.15, 0.2) is 11.5 Å². The Bertz CT molecular complexity index is 248. The van der Waals surface area contributed by atoms with Gasteiger partial charge < -0.3 is 9.47 Å². The summed E-state index contributed by atoms with van der Waals surface area (Å²) in [6.07, 6.45) is 0. The highest BCUT2D eigenvalue weighted by Gasteiger charge is 2.03. The summed E-state index contributed by atoms with van der Waals surface area (Å²) < 4.78 is 10.3. The molecule has 0 heterocycles. The molecule has 0 saturated heterocycles. The molecule has 0 atom stereocenters. The summed E-state index contributed by atoms with van der Waals surface area (Å²) in [7, 11) is 4.30. The van der Waals surface area contributed by atoms with Gasteiger partial charge in [-0.3, -0.25) is 0 Å². The van der Waals surface area contributed by atoms with E-state index in [9.17, 15) is 0 Å². The van der Waals surface area contributed by atoms with Crippen molar-refractivity contribution in [3.63, 3.8) is 0 Å². The summed E-state index contributed by atoms with van der Waals surface area (Å²) >= 11 is 0. The molecule has 1 aromatic carbocycles. The normalized spacial score (nSPS) is 9.64. The molecule has 1 aromatic rings. The molecular formula is C8H12O2Si. The zero-order valence-electron chi connectivity index (χ0n) is 7.05. The fraction of sp³-hybridized carbons (Fsp3) is 0.250. The van der Waals surface area contributed by atoms with Crippen LogP contribution < -0.4 is 14.7 Å². The number of para-hydroxylation sites is 1. The first kappa shape index (κ1) is 8.14. The summed E-state index contributed by atoms with van der Waals surface area (Å²) in [4.78, 5) is 0. The fourth-order valence-corrected chi connectivity index (χ4v) is 1.69. The molecule has 0 saturated carbocycles. The maximum Gasteiger partial charge on any atom is 0.160 e. The van der Waals surface area contributed by atoms with Crippen molar-refractivity contribution >= 4 is 15.4 Å². The third-order valence-corrected chi connectivity index (χ3v) is 2.39. The molecule has 0 radical (unpaired) electrons. The van der Waals surface area contributed by atoms with Crippen molar-refractivity contribution in [2.75, 3.05) is 14.2 Å². The van der Waals surface area contributed by atoms with Gasteiger partial charge in [-0.25, -0.2) is 0 Å². The predicted molar refractivity (Wildman–Crippen MR) is 49.1 cm³/mol. The Hall–Kier alpha value is -0.963. The Morgan fingerprint density at radius 3 is 2.36 bits per heavy atom. The molecule has 0 aliphatic heterocycles. The molecule has 0 N–H and O–H groups in total. The molecule has 0 fully saturated rings. The Morgan fingerprint density at radius 1 is 1.18 bits per heavy atom. The van der Waals surface area contributed by atoms with Gasteiger partial charge in [0.25, 0.3) is 0 Å². The van der Waals surface area contributed by atoms with Gasteiger partial charge in [-0.15, -0.1) is 0 Å². The van der Waals surface area contributed by atoms with E-state index in [1.165, 1.54) is 5.19 Å². The van der Waals surface area contributed by atoms with Crippen molar-refractivity contribution in [1.82, 2.24) is 0 Å². The Kier molecular flexibility index (Phi) is 2.54. The van der Waals surface area contributed by atoms with E-state index in [-0.39, 0.29) is 0 Å². The predicted octanol–water partition coefficient (Wildman–Crippen LogP) is -0.306. The molecule has 60 valence electrons. The molecule has 0 spiro atoms. The minimum Gasteiger partial charge on any atom is -0.493 e. The molecule has 3 heteroatoms. The van der Waals surface area contributed by atoms with E-state index >= 15 is 0 Å². The summed E-state index contributed by atoms with van der Waals surface area (Å²) in [6.45, 7) is 0. The van der Waals surface area contributed by atoms with E-state index in [1.807, 2.05) is 18.2 Å². The van der Waals surface area contributed by atoms with Crippen molar-refractivity contribution in [2.24, 2.45) is 0 Å². The van der Waals surface area contributed by atoms with Gasteiger partial charge in [-0.2, -0.15) is 0 Å². The van der Waals surface area contributed by atoms with Crippen LogP contribution >= 0.6 is 0 Å². The van der Waals surface area contributed by atoms with Crippen molar-refractivity contribution in [2.45, 2.75) is 0 Å². The lowest BCUT2D eigenvalue weighted by atomic mass is 10.3. The van der Waals surface area contributed by atoms with E-state index in [2.05, 4.69) is 0 Å². The second-order valence-electron chi connectivity index (χ2n) is 2.31. The first-order valence-electron chi connectivity index (χ1n) is 3.47. The van der Waals surface area contributed by atoms with Crippen LogP contribution in [0.2, 0.25) is 0 Å². The number of methoxy groups -OCH3 is 2. The second kappa shape index (κ2) is 3.43. The lowest BCUT2D eigenvalue weighted by Crippen LogP contribution is -2.07. The summed E-state index contributed by atoms with van der Waals surface area (Å²) in [5.74, 6) is 1.70. The number of rotatable bonds is 2. The number of benzene rings is 1. The largest absolute Gasteiger partial charge is 0.493 e. The molecule has 0 aromatic heterocycles. The number of hydrogen-bond donors (Lipinski definition) is 0. The Balaban J connectivity index is 3.13. The van der Waals surface area contributed by atoms with E-state index in [0.29, 0.717) is 0 Å². The first-order chi connectivity index (χ1) is 5.29. The van der Waals surface area contributed by atoms with Gasteiger partial charge in [0.1, 0.15) is 0 Å². The van der Waals surface area contributed by atoms with E-state index in [1.54, 1.807) is 14.2 Å². The van der Waals surface area contributed by atoms with Crippen LogP contribution in [0, 0.1) is 0 Å². The van der Waals surface area contributed by atoms with Crippen LogP contribution in [0.1, 0.15) is 0 Å². The van der Waals surface area contributed by atoms with Crippen LogP contribution in [0.25, 0.3) is 0 Å². The zero-order valence-corrected chi connectivity index (χ0v) is 9.05. The van der Waals surface area contributed by atoms with Crippen molar-refractivity contribution in [3.8, 4) is 11.5 Å². The highest BCUT2D eigenvalue weighted by atomic mass is 28.1. The van der Waals surface area contributed by atoms with Gasteiger partial charge in [0.2, 0.25) is 0 Å². The molecule has 2 nitrogen and oxygen atoms in total. The third-order valence-electron chi connectivity index (χ3n) is 1.60. The van der Waals surface area contributed by atoms with Crippen LogP contribution in [0.3, 0.4) is 0 Å². The van der Waals surface area contributed by atoms with E-state index in [4.69, 9.17) is 9.47 Å². The Morgan fingerprint density at radius 2 is 1.91 bits per heavy atom.